The van der Waals surface area contributed by atoms with E-state index in [-0.39, 0.29) is 11.4 Å². The number of nitrogens with one attached hydrogen (secondary N) is 1. The Morgan fingerprint density at radius 1 is 1.14 bits per heavy atom. The number of aryl methyl sites for hydroxylation is 2. The summed E-state index contributed by atoms with van der Waals surface area (Å²) in [5.41, 5.74) is 2.46. The van der Waals surface area contributed by atoms with Gasteiger partial charge in [0, 0.05) is 20.1 Å². The highest BCUT2D eigenvalue weighted by Crippen LogP contribution is 2.20. The number of hydrogen-bond acceptors (Lipinski definition) is 5. The Labute approximate surface area is 166 Å². The van der Waals surface area contributed by atoms with Crippen LogP contribution in [-0.4, -0.2) is 50.3 Å². The van der Waals surface area contributed by atoms with E-state index in [9.17, 15) is 13.2 Å². The molecule has 1 aliphatic rings. The Balaban J connectivity index is 1.62. The first kappa shape index (κ1) is 20.3. The summed E-state index contributed by atoms with van der Waals surface area (Å²) in [5, 5.41) is 2.71. The van der Waals surface area contributed by atoms with E-state index in [1.807, 2.05) is 19.9 Å². The quantitative estimate of drug-likeness (QED) is 0.803. The van der Waals surface area contributed by atoms with Crippen molar-refractivity contribution in [1.82, 2.24) is 9.29 Å². The fourth-order valence-electron chi connectivity index (χ4n) is 3.14. The predicted octanol–water partition coefficient (Wildman–Crippen LogP) is 2.56. The highest BCUT2D eigenvalue weighted by Gasteiger charge is 2.23. The van der Waals surface area contributed by atoms with Crippen LogP contribution in [0.1, 0.15) is 24.0 Å². The molecule has 0 unspecified atom stereocenters. The molecule has 0 aliphatic carbocycles. The molecule has 2 heterocycles. The summed E-state index contributed by atoms with van der Waals surface area (Å²) >= 11 is 0. The van der Waals surface area contributed by atoms with Gasteiger partial charge in [-0.1, -0.05) is 6.07 Å². The molecule has 1 aromatic heterocycles. The number of nitrogens with zero attached hydrogens (tertiary/aromatic N) is 3. The minimum absolute atomic E-state index is 0.183. The topological polar surface area (TPSA) is 82.6 Å². The molecule has 28 heavy (non-hydrogen) atoms. The van der Waals surface area contributed by atoms with Crippen molar-refractivity contribution in [2.24, 2.45) is 0 Å². The summed E-state index contributed by atoms with van der Waals surface area (Å²) in [4.78, 5) is 19.1. The third-order valence-electron chi connectivity index (χ3n) is 5.01. The van der Waals surface area contributed by atoms with Gasteiger partial charge in [-0.25, -0.2) is 13.4 Å². The Morgan fingerprint density at radius 2 is 1.86 bits per heavy atom. The number of benzene rings is 1. The van der Waals surface area contributed by atoms with Crippen molar-refractivity contribution in [2.45, 2.75) is 31.6 Å². The SMILES string of the molecule is Cc1ccc(S(=O)(=O)N(C)CC(=O)Nc2ccc(N3CCCC3)nc2)cc1C. The molecule has 0 radical (unpaired) electrons. The van der Waals surface area contributed by atoms with E-state index in [0.717, 1.165) is 34.3 Å². The summed E-state index contributed by atoms with van der Waals surface area (Å²) in [5.74, 6) is 0.482. The van der Waals surface area contributed by atoms with E-state index in [2.05, 4.69) is 15.2 Å². The molecule has 150 valence electrons. The average Bonchev–Trinajstić information content (AvgIpc) is 3.19. The highest BCUT2D eigenvalue weighted by atomic mass is 32.2. The lowest BCUT2D eigenvalue weighted by molar-refractivity contribution is -0.116. The standard InChI is InChI=1S/C20H26N4O3S/c1-15-6-8-18(12-16(15)2)28(26,27)23(3)14-20(25)22-17-7-9-19(21-13-17)24-10-4-5-11-24/h6-9,12-13H,4-5,10-11,14H2,1-3H3,(H,22,25). The molecule has 0 spiro atoms. The van der Waals surface area contributed by atoms with Crippen LogP contribution in [0.15, 0.2) is 41.4 Å². The Bertz CT molecular complexity index is 952. The second-order valence-corrected chi connectivity index (χ2v) is 9.20. The van der Waals surface area contributed by atoms with Gasteiger partial charge in [0.05, 0.1) is 23.3 Å². The van der Waals surface area contributed by atoms with Crippen LogP contribution in [0.5, 0.6) is 0 Å². The molecule has 1 N–H and O–H groups in total. The van der Waals surface area contributed by atoms with Gasteiger partial charge in [-0.05, 0) is 62.1 Å². The first-order valence-corrected chi connectivity index (χ1v) is 10.8. The van der Waals surface area contributed by atoms with Gasteiger partial charge in [-0.2, -0.15) is 4.31 Å². The van der Waals surface area contributed by atoms with Crippen LogP contribution in [0.25, 0.3) is 0 Å². The monoisotopic (exact) mass is 402 g/mol. The molecule has 0 bridgehead atoms. The van der Waals surface area contributed by atoms with Crippen LogP contribution in [0.4, 0.5) is 11.5 Å². The zero-order valence-electron chi connectivity index (χ0n) is 16.5. The number of sulfonamides is 1. The molecule has 2 aromatic rings. The molecule has 1 amide bonds. The van der Waals surface area contributed by atoms with Crippen LogP contribution in [-0.2, 0) is 14.8 Å². The first-order chi connectivity index (χ1) is 13.3. The van der Waals surface area contributed by atoms with E-state index in [4.69, 9.17) is 0 Å². The van der Waals surface area contributed by atoms with Crippen LogP contribution in [0.3, 0.4) is 0 Å². The predicted molar refractivity (Wildman–Crippen MR) is 110 cm³/mol. The number of likely N-dealkylation sites (N-methyl/N-ethyl adjacent to an activating group) is 1. The fraction of sp³-hybridized carbons (Fsp3) is 0.400. The molecule has 8 heteroatoms. The first-order valence-electron chi connectivity index (χ1n) is 9.32. The maximum Gasteiger partial charge on any atom is 0.243 e. The maximum atomic E-state index is 12.7. The van der Waals surface area contributed by atoms with E-state index in [1.165, 1.54) is 19.9 Å². The van der Waals surface area contributed by atoms with Crippen LogP contribution < -0.4 is 10.2 Å². The lowest BCUT2D eigenvalue weighted by Gasteiger charge is -2.18. The van der Waals surface area contributed by atoms with Crippen LogP contribution in [0, 0.1) is 13.8 Å². The molecule has 1 fully saturated rings. The van der Waals surface area contributed by atoms with Gasteiger partial charge in [0.1, 0.15) is 5.82 Å². The van der Waals surface area contributed by atoms with Crippen molar-refractivity contribution in [3.05, 3.63) is 47.7 Å². The highest BCUT2D eigenvalue weighted by molar-refractivity contribution is 7.89. The molecule has 0 saturated carbocycles. The number of carbonyl (C=O) groups is 1. The minimum Gasteiger partial charge on any atom is -0.357 e. The van der Waals surface area contributed by atoms with Crippen LogP contribution in [0.2, 0.25) is 0 Å². The number of hydrogen-bond donors (Lipinski definition) is 1. The molecule has 1 aromatic carbocycles. The second-order valence-electron chi connectivity index (χ2n) is 7.15. The second kappa shape index (κ2) is 8.28. The summed E-state index contributed by atoms with van der Waals surface area (Å²) in [6, 6.07) is 8.61. The summed E-state index contributed by atoms with van der Waals surface area (Å²) in [7, 11) is -2.33. The van der Waals surface area contributed by atoms with Crippen molar-refractivity contribution in [1.29, 1.82) is 0 Å². The fourth-order valence-corrected chi connectivity index (χ4v) is 4.35. The van der Waals surface area contributed by atoms with Crippen molar-refractivity contribution in [3.8, 4) is 0 Å². The van der Waals surface area contributed by atoms with E-state index in [1.54, 1.807) is 30.5 Å². The van der Waals surface area contributed by atoms with Gasteiger partial charge >= 0.3 is 0 Å². The lowest BCUT2D eigenvalue weighted by Crippen LogP contribution is -2.35. The zero-order chi connectivity index (χ0) is 20.3. The summed E-state index contributed by atoms with van der Waals surface area (Å²) in [6.07, 6.45) is 3.94. The summed E-state index contributed by atoms with van der Waals surface area (Å²) < 4.78 is 26.5. The van der Waals surface area contributed by atoms with Crippen molar-refractivity contribution < 1.29 is 13.2 Å². The molecule has 3 rings (SSSR count). The lowest BCUT2D eigenvalue weighted by atomic mass is 10.1. The molecule has 1 aliphatic heterocycles. The van der Waals surface area contributed by atoms with Gasteiger partial charge in [0.15, 0.2) is 0 Å². The number of amides is 1. The van der Waals surface area contributed by atoms with E-state index < -0.39 is 15.9 Å². The Morgan fingerprint density at radius 3 is 2.46 bits per heavy atom. The van der Waals surface area contributed by atoms with Crippen molar-refractivity contribution >= 4 is 27.4 Å². The molecule has 7 nitrogen and oxygen atoms in total. The number of aromatic nitrogens is 1. The Hall–Kier alpha value is -2.45. The van der Waals surface area contributed by atoms with Gasteiger partial charge in [0.25, 0.3) is 0 Å². The number of rotatable bonds is 6. The van der Waals surface area contributed by atoms with Gasteiger partial charge < -0.3 is 10.2 Å². The maximum absolute atomic E-state index is 12.7. The smallest absolute Gasteiger partial charge is 0.243 e. The zero-order valence-corrected chi connectivity index (χ0v) is 17.3. The molecular formula is C20H26N4O3S. The number of pyridine rings is 1. The number of carbonyl (C=O) groups excluding carboxylic acids is 1. The van der Waals surface area contributed by atoms with Gasteiger partial charge in [-0.15, -0.1) is 0 Å². The average molecular weight is 403 g/mol. The third kappa shape index (κ3) is 4.51. The summed E-state index contributed by atoms with van der Waals surface area (Å²) in [6.45, 7) is 5.51. The van der Waals surface area contributed by atoms with Crippen molar-refractivity contribution in [2.75, 3.05) is 36.9 Å². The molecule has 0 atom stereocenters. The van der Waals surface area contributed by atoms with E-state index in [0.29, 0.717) is 5.69 Å². The number of anilines is 2. The van der Waals surface area contributed by atoms with Gasteiger partial charge in [0.2, 0.25) is 15.9 Å². The minimum atomic E-state index is -3.73. The third-order valence-corrected chi connectivity index (χ3v) is 6.81. The Kier molecular flexibility index (Phi) is 6.00. The van der Waals surface area contributed by atoms with Gasteiger partial charge in [-0.3, -0.25) is 4.79 Å². The largest absolute Gasteiger partial charge is 0.357 e. The van der Waals surface area contributed by atoms with Crippen molar-refractivity contribution in [3.63, 3.8) is 0 Å². The normalized spacial score (nSPS) is 14.5. The van der Waals surface area contributed by atoms with Crippen LogP contribution >= 0.6 is 0 Å². The molecular weight excluding hydrogens is 376 g/mol. The molecule has 1 saturated heterocycles. The van der Waals surface area contributed by atoms with E-state index >= 15 is 0 Å².